The summed E-state index contributed by atoms with van der Waals surface area (Å²) in [6.45, 7) is 1.12. The molecule has 2 aliphatic rings. The molecule has 1 unspecified atom stereocenters. The molecule has 1 saturated carbocycles. The molecule has 1 aromatic heterocycles. The molecule has 3 nitrogen and oxygen atoms in total. The van der Waals surface area contributed by atoms with Crippen molar-refractivity contribution < 1.29 is 4.52 Å². The molecule has 4 heteroatoms. The Morgan fingerprint density at radius 3 is 2.86 bits per heavy atom. The molecule has 0 radical (unpaired) electrons. The third kappa shape index (κ3) is 1.79. The summed E-state index contributed by atoms with van der Waals surface area (Å²) in [6, 6.07) is 2.57. The highest BCUT2D eigenvalue weighted by Crippen LogP contribution is 2.40. The van der Waals surface area contributed by atoms with Crippen LogP contribution in [0.25, 0.3) is 0 Å². The van der Waals surface area contributed by atoms with Crippen LogP contribution in [0.1, 0.15) is 49.1 Å². The van der Waals surface area contributed by atoms with Crippen molar-refractivity contribution in [3.05, 3.63) is 17.5 Å². The smallest absolute Gasteiger partial charge is 0.153 e. The standard InChI is InChI=1S/C10H14N2O.ClH/c1-2-8(11-5-1)10-6-9(12-13-10)7-3-4-7;/h6-8,11H,1-5H2;1H. The summed E-state index contributed by atoms with van der Waals surface area (Å²) < 4.78 is 5.34. The Morgan fingerprint density at radius 2 is 2.21 bits per heavy atom. The third-order valence-electron chi connectivity index (χ3n) is 2.95. The quantitative estimate of drug-likeness (QED) is 0.822. The fourth-order valence-electron chi connectivity index (χ4n) is 1.97. The van der Waals surface area contributed by atoms with E-state index < -0.39 is 0 Å². The molecule has 1 N–H and O–H groups in total. The summed E-state index contributed by atoms with van der Waals surface area (Å²) in [5, 5.41) is 7.52. The molecule has 2 heterocycles. The van der Waals surface area contributed by atoms with E-state index in [4.69, 9.17) is 4.52 Å². The average Bonchev–Trinajstić information content (AvgIpc) is 2.72. The van der Waals surface area contributed by atoms with Crippen molar-refractivity contribution >= 4 is 12.4 Å². The van der Waals surface area contributed by atoms with Crippen LogP contribution < -0.4 is 5.32 Å². The summed E-state index contributed by atoms with van der Waals surface area (Å²) in [6.07, 6.45) is 5.04. The van der Waals surface area contributed by atoms with Crippen molar-refractivity contribution in [1.82, 2.24) is 10.5 Å². The molecule has 0 amide bonds. The summed E-state index contributed by atoms with van der Waals surface area (Å²) in [5.74, 6) is 1.75. The molecular formula is C10H15ClN2O. The van der Waals surface area contributed by atoms with Crippen molar-refractivity contribution in [1.29, 1.82) is 0 Å². The Labute approximate surface area is 89.6 Å². The minimum absolute atomic E-state index is 0. The fraction of sp³-hybridized carbons (Fsp3) is 0.700. The average molecular weight is 215 g/mol. The topological polar surface area (TPSA) is 38.1 Å². The third-order valence-corrected chi connectivity index (χ3v) is 2.95. The molecule has 1 atom stereocenters. The van der Waals surface area contributed by atoms with E-state index in [1.807, 2.05) is 0 Å². The molecule has 1 aromatic rings. The Bertz CT molecular complexity index is 303. The van der Waals surface area contributed by atoms with Crippen LogP contribution in [0.3, 0.4) is 0 Å². The fourth-order valence-corrected chi connectivity index (χ4v) is 1.97. The van der Waals surface area contributed by atoms with E-state index in [1.165, 1.54) is 31.4 Å². The number of nitrogens with zero attached hydrogens (tertiary/aromatic N) is 1. The second kappa shape index (κ2) is 3.91. The SMILES string of the molecule is Cl.c1c(C2CC2)noc1C1CCCN1. The van der Waals surface area contributed by atoms with Crippen LogP contribution >= 0.6 is 12.4 Å². The van der Waals surface area contributed by atoms with Gasteiger partial charge in [0.05, 0.1) is 11.7 Å². The van der Waals surface area contributed by atoms with Gasteiger partial charge in [0, 0.05) is 12.0 Å². The predicted octanol–water partition coefficient (Wildman–Crippen LogP) is 2.40. The lowest BCUT2D eigenvalue weighted by Gasteiger charge is -2.02. The largest absolute Gasteiger partial charge is 0.359 e. The molecular weight excluding hydrogens is 200 g/mol. The number of aromatic nitrogens is 1. The summed E-state index contributed by atoms with van der Waals surface area (Å²) in [4.78, 5) is 0. The first-order valence-corrected chi connectivity index (χ1v) is 5.13. The second-order valence-electron chi connectivity index (χ2n) is 4.08. The van der Waals surface area contributed by atoms with Gasteiger partial charge in [-0.2, -0.15) is 0 Å². The van der Waals surface area contributed by atoms with Crippen molar-refractivity contribution in [2.45, 2.75) is 37.6 Å². The van der Waals surface area contributed by atoms with Gasteiger partial charge < -0.3 is 9.84 Å². The first-order chi connectivity index (χ1) is 6.43. The van der Waals surface area contributed by atoms with Crippen molar-refractivity contribution in [2.24, 2.45) is 0 Å². The Balaban J connectivity index is 0.000000750. The van der Waals surface area contributed by atoms with Crippen LogP contribution in [0.4, 0.5) is 0 Å². The number of hydrogen-bond acceptors (Lipinski definition) is 3. The van der Waals surface area contributed by atoms with Crippen molar-refractivity contribution in [2.75, 3.05) is 6.54 Å². The van der Waals surface area contributed by atoms with Crippen molar-refractivity contribution in [3.63, 3.8) is 0 Å². The van der Waals surface area contributed by atoms with Gasteiger partial charge in [0.1, 0.15) is 0 Å². The highest BCUT2D eigenvalue weighted by molar-refractivity contribution is 5.85. The first kappa shape index (κ1) is 9.99. The molecule has 78 valence electrons. The second-order valence-corrected chi connectivity index (χ2v) is 4.08. The normalized spacial score (nSPS) is 26.1. The van der Waals surface area contributed by atoms with Gasteiger partial charge in [-0.05, 0) is 32.2 Å². The predicted molar refractivity (Wildman–Crippen MR) is 55.7 cm³/mol. The van der Waals surface area contributed by atoms with Crippen LogP contribution in [0.2, 0.25) is 0 Å². The first-order valence-electron chi connectivity index (χ1n) is 5.13. The maximum absolute atomic E-state index is 5.34. The van der Waals surface area contributed by atoms with E-state index in [0.717, 1.165) is 12.3 Å². The highest BCUT2D eigenvalue weighted by atomic mass is 35.5. The Hall–Kier alpha value is -0.540. The highest BCUT2D eigenvalue weighted by Gasteiger charge is 2.29. The van der Waals surface area contributed by atoms with Gasteiger partial charge >= 0.3 is 0 Å². The van der Waals surface area contributed by atoms with Gasteiger partial charge in [0.2, 0.25) is 0 Å². The van der Waals surface area contributed by atoms with Gasteiger partial charge in [-0.15, -0.1) is 12.4 Å². The van der Waals surface area contributed by atoms with E-state index >= 15 is 0 Å². The molecule has 0 bridgehead atoms. The maximum Gasteiger partial charge on any atom is 0.153 e. The lowest BCUT2D eigenvalue weighted by Crippen LogP contribution is -2.11. The monoisotopic (exact) mass is 214 g/mol. The summed E-state index contributed by atoms with van der Waals surface area (Å²) >= 11 is 0. The lowest BCUT2D eigenvalue weighted by molar-refractivity contribution is 0.347. The maximum atomic E-state index is 5.34. The zero-order valence-electron chi connectivity index (χ0n) is 8.03. The van der Waals surface area contributed by atoms with Crippen LogP contribution in [-0.2, 0) is 0 Å². The minimum atomic E-state index is 0. The van der Waals surface area contributed by atoms with Gasteiger partial charge in [0.15, 0.2) is 5.76 Å². The number of hydrogen-bond donors (Lipinski definition) is 1. The van der Waals surface area contributed by atoms with Crippen LogP contribution in [0, 0.1) is 0 Å². The molecule has 14 heavy (non-hydrogen) atoms. The van der Waals surface area contributed by atoms with E-state index in [-0.39, 0.29) is 12.4 Å². The molecule has 2 fully saturated rings. The molecule has 1 saturated heterocycles. The Morgan fingerprint density at radius 1 is 1.36 bits per heavy atom. The zero-order valence-corrected chi connectivity index (χ0v) is 8.85. The molecule has 0 spiro atoms. The molecule has 0 aromatic carbocycles. The lowest BCUT2D eigenvalue weighted by atomic mass is 10.1. The van der Waals surface area contributed by atoms with Crippen LogP contribution in [0.15, 0.2) is 10.6 Å². The van der Waals surface area contributed by atoms with Gasteiger partial charge in [-0.1, -0.05) is 5.16 Å². The van der Waals surface area contributed by atoms with Crippen LogP contribution in [0.5, 0.6) is 0 Å². The zero-order chi connectivity index (χ0) is 8.67. The van der Waals surface area contributed by atoms with Gasteiger partial charge in [-0.3, -0.25) is 0 Å². The number of rotatable bonds is 2. The minimum Gasteiger partial charge on any atom is -0.359 e. The van der Waals surface area contributed by atoms with E-state index in [2.05, 4.69) is 16.5 Å². The Kier molecular flexibility index (Phi) is 2.79. The molecule has 3 rings (SSSR count). The molecule has 1 aliphatic carbocycles. The van der Waals surface area contributed by atoms with Gasteiger partial charge in [-0.25, -0.2) is 0 Å². The number of halogens is 1. The summed E-state index contributed by atoms with van der Waals surface area (Å²) in [5.41, 5.74) is 1.17. The summed E-state index contributed by atoms with van der Waals surface area (Å²) in [7, 11) is 0. The van der Waals surface area contributed by atoms with Crippen molar-refractivity contribution in [3.8, 4) is 0 Å². The van der Waals surface area contributed by atoms with E-state index in [0.29, 0.717) is 12.0 Å². The van der Waals surface area contributed by atoms with E-state index in [1.54, 1.807) is 0 Å². The van der Waals surface area contributed by atoms with Gasteiger partial charge in [0.25, 0.3) is 0 Å². The van der Waals surface area contributed by atoms with Crippen LogP contribution in [-0.4, -0.2) is 11.7 Å². The number of nitrogens with one attached hydrogen (secondary N) is 1. The molecule has 1 aliphatic heterocycles. The van der Waals surface area contributed by atoms with E-state index in [9.17, 15) is 0 Å².